The van der Waals surface area contributed by atoms with Crippen LogP contribution in [-0.4, -0.2) is 152 Å². The Labute approximate surface area is 327 Å². The van der Waals surface area contributed by atoms with E-state index in [-0.39, 0.29) is 31.1 Å². The van der Waals surface area contributed by atoms with Crippen LogP contribution in [-0.2, 0) is 33.2 Å². The molecule has 318 valence electrons. The van der Waals surface area contributed by atoms with Gasteiger partial charge in [0, 0.05) is 50.3 Å². The molecule has 0 aromatic rings. The van der Waals surface area contributed by atoms with Crippen molar-refractivity contribution in [1.82, 2.24) is 4.90 Å². The standard InChI is InChI=1S/C40H70N2O13/c1-14-16-17-42(12)27-18-22(4)51-37(31(27)43)55-35-24(6)32(54-29-20-39(10,50-13)34(45)26(8)52-29)25(7)36(46)53-28(15-2)40(11,48)33(44)23(5)30(41-49)21(3)19-38(35,9)47/h1,21-29,31-35,37,43-45,47-49H,15-20H2,2-13H3/b41-30+/t21-,22-,23+,24+,25-,26+,27+,28-,29?,31-,32+,33-,34+,35-,37?,38-,39-,40-/m1/s1. The lowest BCUT2D eigenvalue weighted by atomic mass is 9.73. The van der Waals surface area contributed by atoms with Crippen LogP contribution in [0.25, 0.3) is 0 Å². The lowest BCUT2D eigenvalue weighted by molar-refractivity contribution is -0.318. The molecule has 0 aromatic heterocycles. The second-order valence-corrected chi connectivity index (χ2v) is 17.1. The smallest absolute Gasteiger partial charge is 0.311 e. The number of methoxy groups -OCH3 is 1. The summed E-state index contributed by atoms with van der Waals surface area (Å²) in [5.41, 5.74) is -4.75. The van der Waals surface area contributed by atoms with Crippen molar-refractivity contribution in [2.24, 2.45) is 28.8 Å². The van der Waals surface area contributed by atoms with Gasteiger partial charge in [-0.1, -0.05) is 32.9 Å². The number of ether oxygens (including phenoxy) is 6. The highest BCUT2D eigenvalue weighted by Crippen LogP contribution is 2.41. The first-order valence-electron chi connectivity index (χ1n) is 19.7. The lowest BCUT2D eigenvalue weighted by Gasteiger charge is -2.49. The molecule has 0 bridgehead atoms. The third-order valence-corrected chi connectivity index (χ3v) is 12.5. The SMILES string of the molecule is C#CCCN(C)[C@H]1C[C@@H](C)OC(O[C@@H]2[C@@H](C)[C@H](OC3C[C@@](C)(OC)[C@@H](O)[C@H](C)O3)[C@@H](C)C(=O)O[C@H](CC)[C@@](C)(O)[C@H](O)[C@@H](C)/C(=N/O)[C@H](C)C[C@@]2(C)O)[C@@H]1O. The maximum atomic E-state index is 14.2. The summed E-state index contributed by atoms with van der Waals surface area (Å²) in [4.78, 5) is 16.2. The average Bonchev–Trinajstić information content (AvgIpc) is 3.12. The van der Waals surface area contributed by atoms with Crippen molar-refractivity contribution in [2.45, 2.75) is 186 Å². The molecule has 18 atom stereocenters. The number of cyclic esters (lactones) is 1. The minimum Gasteiger partial charge on any atom is -0.459 e. The number of carbonyl (C=O) groups is 1. The Hall–Kier alpha value is -1.94. The summed E-state index contributed by atoms with van der Waals surface area (Å²) >= 11 is 0. The molecule has 55 heavy (non-hydrogen) atoms. The molecule has 3 heterocycles. The van der Waals surface area contributed by atoms with Gasteiger partial charge in [-0.05, 0) is 67.9 Å². The quantitative estimate of drug-likeness (QED) is 0.0859. The van der Waals surface area contributed by atoms with Crippen molar-refractivity contribution >= 4 is 11.7 Å². The van der Waals surface area contributed by atoms with E-state index in [1.54, 1.807) is 55.4 Å². The number of hydrogen-bond acceptors (Lipinski definition) is 15. The van der Waals surface area contributed by atoms with Crippen LogP contribution in [0.5, 0.6) is 0 Å². The van der Waals surface area contributed by atoms with Crippen molar-refractivity contribution in [3.8, 4) is 12.3 Å². The van der Waals surface area contributed by atoms with Gasteiger partial charge in [0.15, 0.2) is 12.6 Å². The Bertz CT molecular complexity index is 1320. The fraction of sp³-hybridized carbons (Fsp3) is 0.900. The van der Waals surface area contributed by atoms with Gasteiger partial charge in [-0.15, -0.1) is 12.3 Å². The molecule has 3 fully saturated rings. The molecule has 0 radical (unpaired) electrons. The predicted molar refractivity (Wildman–Crippen MR) is 203 cm³/mol. The fourth-order valence-corrected chi connectivity index (χ4v) is 8.94. The third kappa shape index (κ3) is 10.6. The van der Waals surface area contributed by atoms with Crippen LogP contribution in [0.1, 0.15) is 101 Å². The highest BCUT2D eigenvalue weighted by Gasteiger charge is 2.53. The van der Waals surface area contributed by atoms with E-state index in [1.807, 2.05) is 18.9 Å². The van der Waals surface area contributed by atoms with Gasteiger partial charge in [0.2, 0.25) is 0 Å². The fourth-order valence-electron chi connectivity index (χ4n) is 8.94. The molecule has 0 saturated carbocycles. The van der Waals surface area contributed by atoms with Gasteiger partial charge in [-0.3, -0.25) is 9.69 Å². The van der Waals surface area contributed by atoms with E-state index >= 15 is 0 Å². The van der Waals surface area contributed by atoms with Gasteiger partial charge in [-0.2, -0.15) is 0 Å². The Kier molecular flexibility index (Phi) is 16.6. The van der Waals surface area contributed by atoms with Crippen LogP contribution in [0.3, 0.4) is 0 Å². The number of terminal acetylenes is 1. The Balaban J connectivity index is 2.21. The third-order valence-electron chi connectivity index (χ3n) is 12.5. The first-order chi connectivity index (χ1) is 25.5. The summed E-state index contributed by atoms with van der Waals surface area (Å²) in [6.45, 7) is 17.1. The van der Waals surface area contributed by atoms with Crippen LogP contribution in [0, 0.1) is 36.0 Å². The molecule has 0 aliphatic carbocycles. The molecule has 3 aliphatic rings. The van der Waals surface area contributed by atoms with Gasteiger partial charge >= 0.3 is 5.97 Å². The molecular formula is C40H70N2O13. The van der Waals surface area contributed by atoms with Crippen molar-refractivity contribution in [1.29, 1.82) is 0 Å². The number of aliphatic hydroxyl groups excluding tert-OH is 3. The van der Waals surface area contributed by atoms with Crippen LogP contribution in [0.15, 0.2) is 5.16 Å². The number of nitrogens with zero attached hydrogens (tertiary/aromatic N) is 2. The van der Waals surface area contributed by atoms with E-state index in [1.165, 1.54) is 14.0 Å². The summed E-state index contributed by atoms with van der Waals surface area (Å²) in [6.07, 6.45) is -3.89. The summed E-state index contributed by atoms with van der Waals surface area (Å²) in [5.74, 6) is -1.71. The number of hydrogen-bond donors (Lipinski definition) is 6. The zero-order chi connectivity index (χ0) is 41.8. The number of rotatable bonds is 9. The number of oxime groups is 1. The summed E-state index contributed by atoms with van der Waals surface area (Å²) in [7, 11) is 3.34. The Morgan fingerprint density at radius 3 is 2.18 bits per heavy atom. The molecule has 0 spiro atoms. The van der Waals surface area contributed by atoms with E-state index in [0.717, 1.165) is 0 Å². The number of likely N-dealkylation sites (N-methyl/N-ethyl adjacent to an activating group) is 1. The van der Waals surface area contributed by atoms with E-state index in [4.69, 9.17) is 34.8 Å². The van der Waals surface area contributed by atoms with Gasteiger partial charge in [0.25, 0.3) is 0 Å². The van der Waals surface area contributed by atoms with Gasteiger partial charge in [0.05, 0.1) is 53.4 Å². The van der Waals surface area contributed by atoms with Gasteiger partial charge in [-0.25, -0.2) is 0 Å². The molecule has 6 N–H and O–H groups in total. The second-order valence-electron chi connectivity index (χ2n) is 17.1. The van der Waals surface area contributed by atoms with Crippen molar-refractivity contribution in [2.75, 3.05) is 20.7 Å². The number of esters is 1. The molecule has 15 heteroatoms. The monoisotopic (exact) mass is 786 g/mol. The van der Waals surface area contributed by atoms with Crippen molar-refractivity contribution in [3.05, 3.63) is 0 Å². The maximum Gasteiger partial charge on any atom is 0.311 e. The van der Waals surface area contributed by atoms with Crippen molar-refractivity contribution < 1.29 is 64.0 Å². The van der Waals surface area contributed by atoms with Crippen LogP contribution in [0.2, 0.25) is 0 Å². The molecule has 15 nitrogen and oxygen atoms in total. The first kappa shape index (κ1) is 47.4. The summed E-state index contributed by atoms with van der Waals surface area (Å²) in [6, 6.07) is -0.398. The van der Waals surface area contributed by atoms with Crippen LogP contribution < -0.4 is 0 Å². The molecule has 3 rings (SSSR count). The molecule has 3 saturated heterocycles. The lowest BCUT2D eigenvalue weighted by Crippen LogP contribution is -2.61. The number of aliphatic hydroxyl groups is 5. The van der Waals surface area contributed by atoms with Gasteiger partial charge in [0.1, 0.15) is 23.9 Å². The molecule has 2 unspecified atom stereocenters. The zero-order valence-electron chi connectivity index (χ0n) is 34.9. The predicted octanol–water partition coefficient (Wildman–Crippen LogP) is 2.44. The summed E-state index contributed by atoms with van der Waals surface area (Å²) in [5, 5.41) is 72.3. The summed E-state index contributed by atoms with van der Waals surface area (Å²) < 4.78 is 37.4. The molecular weight excluding hydrogens is 716 g/mol. The topological polar surface area (TPSA) is 209 Å². The van der Waals surface area contributed by atoms with E-state index in [2.05, 4.69) is 11.1 Å². The molecule has 0 amide bonds. The normalized spacial score (nSPS) is 47.5. The molecule has 3 aliphatic heterocycles. The Morgan fingerprint density at radius 1 is 0.982 bits per heavy atom. The Morgan fingerprint density at radius 2 is 1.62 bits per heavy atom. The second kappa shape index (κ2) is 19.2. The van der Waals surface area contributed by atoms with E-state index < -0.39 is 108 Å². The first-order valence-corrected chi connectivity index (χ1v) is 19.7. The highest BCUT2D eigenvalue weighted by molar-refractivity contribution is 5.88. The van der Waals surface area contributed by atoms with Crippen molar-refractivity contribution in [3.63, 3.8) is 0 Å². The van der Waals surface area contributed by atoms with Crippen LogP contribution >= 0.6 is 0 Å². The molecule has 0 aromatic carbocycles. The minimum absolute atomic E-state index is 0.0826. The van der Waals surface area contributed by atoms with Gasteiger partial charge < -0.3 is 59.2 Å². The number of carbonyl (C=O) groups excluding carboxylic acids is 1. The maximum absolute atomic E-state index is 14.2. The van der Waals surface area contributed by atoms with E-state index in [0.29, 0.717) is 19.4 Å². The average molecular weight is 787 g/mol. The van der Waals surface area contributed by atoms with Crippen LogP contribution in [0.4, 0.5) is 0 Å². The minimum atomic E-state index is -1.98. The van der Waals surface area contributed by atoms with E-state index in [9.17, 15) is 35.5 Å². The highest BCUT2D eigenvalue weighted by atomic mass is 16.7. The zero-order valence-corrected chi connectivity index (χ0v) is 34.9. The largest absolute Gasteiger partial charge is 0.459 e.